The Kier molecular flexibility index (Phi) is 5.96. The first-order valence-corrected chi connectivity index (χ1v) is 11.2. The Morgan fingerprint density at radius 1 is 1.26 bits per heavy atom. The molecule has 0 aromatic carbocycles. The van der Waals surface area contributed by atoms with Crippen LogP contribution in [0.2, 0.25) is 0 Å². The molecule has 0 aliphatic carbocycles. The van der Waals surface area contributed by atoms with Gasteiger partial charge in [0.25, 0.3) is 25.8 Å². The number of nitrogens with zero attached hydrogens (tertiary/aromatic N) is 1. The number of hydrogen-bond donors (Lipinski definition) is 1. The van der Waals surface area contributed by atoms with Gasteiger partial charge < -0.3 is 4.74 Å². The number of halogens is 1. The summed E-state index contributed by atoms with van der Waals surface area (Å²) in [5.74, 6) is 0. The smallest absolute Gasteiger partial charge is 0.330 e. The predicted octanol–water partition coefficient (Wildman–Crippen LogP) is -1.27. The van der Waals surface area contributed by atoms with Gasteiger partial charge in [-0.2, -0.15) is 16.8 Å². The molecular formula is C13H19FN2O9S2. The van der Waals surface area contributed by atoms with Gasteiger partial charge in [-0.15, -0.1) is 0 Å². The molecule has 1 N–H and O–H groups in total. The first kappa shape index (κ1) is 21.7. The van der Waals surface area contributed by atoms with E-state index in [9.17, 15) is 30.8 Å². The molecule has 0 radical (unpaired) electrons. The van der Waals surface area contributed by atoms with Crippen molar-refractivity contribution >= 4 is 20.2 Å². The summed E-state index contributed by atoms with van der Waals surface area (Å²) in [6, 6.07) is 0.996. The molecule has 154 valence electrons. The van der Waals surface area contributed by atoms with Crippen molar-refractivity contribution < 1.29 is 34.3 Å². The minimum absolute atomic E-state index is 0.663. The first-order chi connectivity index (χ1) is 12.3. The van der Waals surface area contributed by atoms with Crippen molar-refractivity contribution in [3.05, 3.63) is 33.1 Å². The van der Waals surface area contributed by atoms with Crippen LogP contribution in [-0.2, 0) is 33.3 Å². The lowest BCUT2D eigenvalue weighted by atomic mass is 9.83. The van der Waals surface area contributed by atoms with Gasteiger partial charge in [-0.25, -0.2) is 4.79 Å². The summed E-state index contributed by atoms with van der Waals surface area (Å²) >= 11 is 0. The Labute approximate surface area is 154 Å². The summed E-state index contributed by atoms with van der Waals surface area (Å²) < 4.78 is 75.7. The van der Waals surface area contributed by atoms with Crippen LogP contribution in [0, 0.1) is 5.41 Å². The fourth-order valence-electron chi connectivity index (χ4n) is 2.77. The quantitative estimate of drug-likeness (QED) is 0.522. The Hall–Kier alpha value is -1.61. The maximum Gasteiger partial charge on any atom is 0.330 e. The minimum Gasteiger partial charge on any atom is -0.349 e. The SMILES string of the molecule is CC1(CF)C(n2ccc(=O)[nH]c2=O)O[C@H](COS(C)(=O)=O)[C@H]1OS(C)(=O)=O. The van der Waals surface area contributed by atoms with Gasteiger partial charge in [-0.05, 0) is 0 Å². The third-order valence-electron chi connectivity index (χ3n) is 3.97. The minimum atomic E-state index is -4.09. The van der Waals surface area contributed by atoms with E-state index in [-0.39, 0.29) is 0 Å². The normalized spacial score (nSPS) is 29.1. The van der Waals surface area contributed by atoms with E-state index in [1.165, 1.54) is 6.92 Å². The molecule has 0 bridgehead atoms. The van der Waals surface area contributed by atoms with E-state index in [1.54, 1.807) is 0 Å². The van der Waals surface area contributed by atoms with Crippen molar-refractivity contribution in [1.82, 2.24) is 9.55 Å². The molecule has 0 amide bonds. The summed E-state index contributed by atoms with van der Waals surface area (Å²) in [4.78, 5) is 25.3. The number of aromatic nitrogens is 2. The molecule has 1 aromatic rings. The lowest BCUT2D eigenvalue weighted by Crippen LogP contribution is -2.45. The average Bonchev–Trinajstić information content (AvgIpc) is 2.77. The molecule has 14 heteroatoms. The van der Waals surface area contributed by atoms with Gasteiger partial charge in [-0.1, -0.05) is 6.92 Å². The number of alkyl halides is 1. The zero-order chi connectivity index (χ0) is 20.6. The molecule has 27 heavy (non-hydrogen) atoms. The van der Waals surface area contributed by atoms with Gasteiger partial charge in [0.15, 0.2) is 0 Å². The van der Waals surface area contributed by atoms with Crippen molar-refractivity contribution in [2.45, 2.75) is 25.4 Å². The molecule has 0 spiro atoms. The molecule has 11 nitrogen and oxygen atoms in total. The second-order valence-electron chi connectivity index (χ2n) is 6.39. The van der Waals surface area contributed by atoms with E-state index < -0.39 is 68.6 Å². The highest BCUT2D eigenvalue weighted by atomic mass is 32.2. The van der Waals surface area contributed by atoms with Crippen LogP contribution >= 0.6 is 0 Å². The molecular weight excluding hydrogens is 411 g/mol. The monoisotopic (exact) mass is 430 g/mol. The van der Waals surface area contributed by atoms with E-state index in [0.717, 1.165) is 29.3 Å². The summed E-state index contributed by atoms with van der Waals surface area (Å²) in [5.41, 5.74) is -3.33. The van der Waals surface area contributed by atoms with Crippen LogP contribution in [0.5, 0.6) is 0 Å². The van der Waals surface area contributed by atoms with Crippen LogP contribution in [0.3, 0.4) is 0 Å². The van der Waals surface area contributed by atoms with Crippen LogP contribution < -0.4 is 11.2 Å². The summed E-state index contributed by atoms with van der Waals surface area (Å²) in [6.07, 6.45) is -1.67. The summed E-state index contributed by atoms with van der Waals surface area (Å²) in [5, 5.41) is 0. The van der Waals surface area contributed by atoms with E-state index in [4.69, 9.17) is 8.92 Å². The molecule has 1 fully saturated rings. The zero-order valence-corrected chi connectivity index (χ0v) is 16.2. The molecule has 2 unspecified atom stereocenters. The largest absolute Gasteiger partial charge is 0.349 e. The van der Waals surface area contributed by atoms with Gasteiger partial charge in [0.1, 0.15) is 25.1 Å². The van der Waals surface area contributed by atoms with Gasteiger partial charge >= 0.3 is 5.69 Å². The van der Waals surface area contributed by atoms with E-state index in [2.05, 4.69) is 4.18 Å². The molecule has 1 aromatic heterocycles. The lowest BCUT2D eigenvalue weighted by molar-refractivity contribution is -0.0542. The topological polar surface area (TPSA) is 151 Å². The van der Waals surface area contributed by atoms with Gasteiger partial charge in [0.2, 0.25) is 0 Å². The molecule has 0 saturated carbocycles. The van der Waals surface area contributed by atoms with Gasteiger partial charge in [0.05, 0.1) is 24.5 Å². The number of hydrogen-bond acceptors (Lipinski definition) is 9. The summed E-state index contributed by atoms with van der Waals surface area (Å²) in [6.45, 7) is -0.576. The Bertz CT molecular complexity index is 1020. The average molecular weight is 430 g/mol. The van der Waals surface area contributed by atoms with Crippen LogP contribution in [0.4, 0.5) is 4.39 Å². The molecule has 2 rings (SSSR count). The predicted molar refractivity (Wildman–Crippen MR) is 89.8 cm³/mol. The van der Waals surface area contributed by atoms with Gasteiger partial charge in [0, 0.05) is 12.3 Å². The third kappa shape index (κ3) is 5.01. The molecule has 1 aliphatic heterocycles. The Balaban J connectivity index is 2.51. The van der Waals surface area contributed by atoms with Crippen molar-refractivity contribution in [3.63, 3.8) is 0 Å². The number of rotatable bonds is 7. The van der Waals surface area contributed by atoms with Crippen molar-refractivity contribution in [3.8, 4) is 0 Å². The lowest BCUT2D eigenvalue weighted by Gasteiger charge is -2.32. The number of ether oxygens (including phenoxy) is 1. The number of aromatic amines is 1. The van der Waals surface area contributed by atoms with Crippen molar-refractivity contribution in [1.29, 1.82) is 0 Å². The number of H-pyrrole nitrogens is 1. The second kappa shape index (κ2) is 7.43. The van der Waals surface area contributed by atoms with E-state index in [0.29, 0.717) is 0 Å². The highest BCUT2D eigenvalue weighted by molar-refractivity contribution is 7.86. The van der Waals surface area contributed by atoms with E-state index in [1.807, 2.05) is 4.98 Å². The standard InChI is InChI=1S/C13H19FN2O9S2/c1-13(7-14)10(25-27(3,21)22)8(6-23-26(2,19)20)24-11(13)16-5-4-9(17)15-12(16)18/h4-5,8,10-11H,6-7H2,1-3H3,(H,15,17,18)/t8-,10-,11?,13?/m1/s1. The maximum absolute atomic E-state index is 14.0. The molecule has 2 heterocycles. The van der Waals surface area contributed by atoms with Crippen LogP contribution in [0.15, 0.2) is 21.9 Å². The maximum atomic E-state index is 14.0. The van der Waals surface area contributed by atoms with Crippen LogP contribution in [0.1, 0.15) is 13.2 Å². The number of nitrogens with one attached hydrogen (secondary N) is 1. The van der Waals surface area contributed by atoms with Crippen molar-refractivity contribution in [2.24, 2.45) is 5.41 Å². The van der Waals surface area contributed by atoms with Crippen molar-refractivity contribution in [2.75, 3.05) is 25.8 Å². The van der Waals surface area contributed by atoms with Crippen LogP contribution in [-0.4, -0.2) is 64.4 Å². The Morgan fingerprint density at radius 2 is 1.89 bits per heavy atom. The third-order valence-corrected chi connectivity index (χ3v) is 5.09. The molecule has 1 saturated heterocycles. The first-order valence-electron chi connectivity index (χ1n) is 7.52. The fraction of sp³-hybridized carbons (Fsp3) is 0.692. The molecule has 1 aliphatic rings. The van der Waals surface area contributed by atoms with Crippen LogP contribution in [0.25, 0.3) is 0 Å². The molecule has 4 atom stereocenters. The zero-order valence-electron chi connectivity index (χ0n) is 14.6. The second-order valence-corrected chi connectivity index (χ2v) is 9.64. The van der Waals surface area contributed by atoms with Gasteiger partial charge in [-0.3, -0.25) is 27.1 Å². The van der Waals surface area contributed by atoms with E-state index >= 15 is 0 Å². The highest BCUT2D eigenvalue weighted by Crippen LogP contribution is 2.47. The fourth-order valence-corrected chi connectivity index (χ4v) is 3.87. The highest BCUT2D eigenvalue weighted by Gasteiger charge is 2.57. The Morgan fingerprint density at radius 3 is 2.37 bits per heavy atom. The summed E-state index contributed by atoms with van der Waals surface area (Å²) in [7, 11) is -8.01.